The molecule has 0 aliphatic heterocycles. The smallest absolute Gasteiger partial charge is 0.139 e. The fourth-order valence-corrected chi connectivity index (χ4v) is 1.95. The molecule has 6 heteroatoms. The van der Waals surface area contributed by atoms with Gasteiger partial charge in [0.15, 0.2) is 0 Å². The van der Waals surface area contributed by atoms with E-state index in [9.17, 15) is 4.39 Å². The topological polar surface area (TPSA) is 42.7 Å². The average molecular weight is 327 g/mol. The summed E-state index contributed by atoms with van der Waals surface area (Å²) in [6, 6.07) is 4.90. The molecular weight excluding hydrogens is 311 g/mol. The highest BCUT2D eigenvalue weighted by Gasteiger charge is 2.08. The van der Waals surface area contributed by atoms with Gasteiger partial charge in [0.2, 0.25) is 0 Å². The first-order valence-corrected chi connectivity index (χ1v) is 6.93. The van der Waals surface area contributed by atoms with Crippen LogP contribution in [0.2, 0.25) is 0 Å². The first kappa shape index (κ1) is 14.1. The van der Waals surface area contributed by atoms with Crippen LogP contribution in [0, 0.1) is 11.7 Å². The van der Waals surface area contributed by atoms with Crippen LogP contribution in [0.1, 0.15) is 19.5 Å². The summed E-state index contributed by atoms with van der Waals surface area (Å²) < 4.78 is 15.6. The fraction of sp³-hybridized carbons (Fsp3) is 0.385. The molecule has 2 aromatic rings. The maximum Gasteiger partial charge on any atom is 0.139 e. The minimum atomic E-state index is -0.311. The molecule has 1 aromatic heterocycles. The van der Waals surface area contributed by atoms with Crippen LogP contribution in [0.4, 0.5) is 4.39 Å². The van der Waals surface area contributed by atoms with Crippen LogP contribution in [0.5, 0.6) is 0 Å². The molecule has 2 rings (SSSR count). The minimum absolute atomic E-state index is 0.311. The van der Waals surface area contributed by atoms with E-state index in [1.54, 1.807) is 23.0 Å². The van der Waals surface area contributed by atoms with Crippen LogP contribution < -0.4 is 5.32 Å². The van der Waals surface area contributed by atoms with Gasteiger partial charge in [-0.3, -0.25) is 0 Å². The maximum absolute atomic E-state index is 13.5. The van der Waals surface area contributed by atoms with Crippen LogP contribution in [0.15, 0.2) is 28.9 Å². The van der Waals surface area contributed by atoms with Crippen molar-refractivity contribution in [3.8, 4) is 5.69 Å². The molecule has 19 heavy (non-hydrogen) atoms. The first-order valence-electron chi connectivity index (χ1n) is 6.13. The SMILES string of the molecule is CC(C)CNCc1cnnn1-c1ccc(Br)c(F)c1. The molecule has 0 unspecified atom stereocenters. The second-order valence-corrected chi connectivity index (χ2v) is 5.61. The summed E-state index contributed by atoms with van der Waals surface area (Å²) in [5, 5.41) is 11.2. The van der Waals surface area contributed by atoms with E-state index in [4.69, 9.17) is 0 Å². The molecule has 1 heterocycles. The molecule has 0 fully saturated rings. The van der Waals surface area contributed by atoms with Crippen molar-refractivity contribution < 1.29 is 4.39 Å². The Hall–Kier alpha value is -1.27. The summed E-state index contributed by atoms with van der Waals surface area (Å²) >= 11 is 3.14. The van der Waals surface area contributed by atoms with Crippen molar-refractivity contribution >= 4 is 15.9 Å². The maximum atomic E-state index is 13.5. The lowest BCUT2D eigenvalue weighted by Crippen LogP contribution is -2.20. The summed E-state index contributed by atoms with van der Waals surface area (Å²) in [5.74, 6) is 0.267. The number of hydrogen-bond acceptors (Lipinski definition) is 3. The van der Waals surface area contributed by atoms with E-state index >= 15 is 0 Å². The molecule has 0 aliphatic rings. The Morgan fingerprint density at radius 2 is 2.21 bits per heavy atom. The molecule has 0 bridgehead atoms. The quantitative estimate of drug-likeness (QED) is 0.918. The van der Waals surface area contributed by atoms with E-state index < -0.39 is 0 Å². The molecule has 0 radical (unpaired) electrons. The summed E-state index contributed by atoms with van der Waals surface area (Å²) in [5.41, 5.74) is 1.57. The Labute approximate surface area is 120 Å². The normalized spacial score (nSPS) is 11.2. The lowest BCUT2D eigenvalue weighted by Gasteiger charge is -2.09. The van der Waals surface area contributed by atoms with Crippen LogP contribution in [-0.4, -0.2) is 21.5 Å². The lowest BCUT2D eigenvalue weighted by atomic mass is 10.2. The van der Waals surface area contributed by atoms with Gasteiger partial charge in [0.25, 0.3) is 0 Å². The van der Waals surface area contributed by atoms with Crippen molar-refractivity contribution in [2.75, 3.05) is 6.54 Å². The predicted molar refractivity (Wildman–Crippen MR) is 75.6 cm³/mol. The summed E-state index contributed by atoms with van der Waals surface area (Å²) in [7, 11) is 0. The molecule has 0 spiro atoms. The van der Waals surface area contributed by atoms with Gasteiger partial charge in [0, 0.05) is 12.6 Å². The highest BCUT2D eigenvalue weighted by molar-refractivity contribution is 9.10. The highest BCUT2D eigenvalue weighted by Crippen LogP contribution is 2.19. The molecule has 0 saturated heterocycles. The van der Waals surface area contributed by atoms with Crippen molar-refractivity contribution in [1.29, 1.82) is 0 Å². The van der Waals surface area contributed by atoms with Gasteiger partial charge in [-0.15, -0.1) is 5.10 Å². The van der Waals surface area contributed by atoms with Gasteiger partial charge in [-0.2, -0.15) is 0 Å². The van der Waals surface area contributed by atoms with Gasteiger partial charge >= 0.3 is 0 Å². The zero-order valence-corrected chi connectivity index (χ0v) is 12.5. The van der Waals surface area contributed by atoms with E-state index in [2.05, 4.69) is 45.4 Å². The number of benzene rings is 1. The second kappa shape index (κ2) is 6.25. The molecule has 4 nitrogen and oxygen atoms in total. The van der Waals surface area contributed by atoms with Crippen LogP contribution in [0.25, 0.3) is 5.69 Å². The first-order chi connectivity index (χ1) is 9.08. The number of halogens is 2. The molecular formula is C13H16BrFN4. The van der Waals surface area contributed by atoms with Crippen LogP contribution in [-0.2, 0) is 6.54 Å². The molecule has 0 atom stereocenters. The van der Waals surface area contributed by atoms with Gasteiger partial charge in [-0.25, -0.2) is 9.07 Å². The summed E-state index contributed by atoms with van der Waals surface area (Å²) in [4.78, 5) is 0. The highest BCUT2D eigenvalue weighted by atomic mass is 79.9. The van der Waals surface area contributed by atoms with E-state index in [1.165, 1.54) is 6.07 Å². The zero-order valence-electron chi connectivity index (χ0n) is 10.9. The van der Waals surface area contributed by atoms with Crippen molar-refractivity contribution in [2.45, 2.75) is 20.4 Å². The standard InChI is InChI=1S/C13H16BrFN4/c1-9(2)6-16-7-11-8-17-18-19(11)10-3-4-12(14)13(15)5-10/h3-5,8-9,16H,6-7H2,1-2H3. The summed E-state index contributed by atoms with van der Waals surface area (Å²) in [6.45, 7) is 5.86. The molecule has 102 valence electrons. The lowest BCUT2D eigenvalue weighted by molar-refractivity contribution is 0.542. The van der Waals surface area contributed by atoms with E-state index in [0.29, 0.717) is 22.6 Å². The largest absolute Gasteiger partial charge is 0.311 e. The number of rotatable bonds is 5. The van der Waals surface area contributed by atoms with Gasteiger partial charge in [0.05, 0.1) is 22.1 Å². The zero-order chi connectivity index (χ0) is 13.8. The Bertz CT molecular complexity index is 553. The Balaban J connectivity index is 2.16. The third kappa shape index (κ3) is 3.61. The van der Waals surface area contributed by atoms with Crippen molar-refractivity contribution in [2.24, 2.45) is 5.92 Å². The number of aromatic nitrogens is 3. The van der Waals surface area contributed by atoms with Gasteiger partial charge < -0.3 is 5.32 Å². The summed E-state index contributed by atoms with van der Waals surface area (Å²) in [6.07, 6.45) is 1.69. The minimum Gasteiger partial charge on any atom is -0.311 e. The van der Waals surface area contributed by atoms with E-state index in [-0.39, 0.29) is 5.82 Å². The molecule has 0 aliphatic carbocycles. The van der Waals surface area contributed by atoms with Crippen LogP contribution in [0.3, 0.4) is 0 Å². The monoisotopic (exact) mass is 326 g/mol. The Morgan fingerprint density at radius 3 is 2.89 bits per heavy atom. The molecule has 0 saturated carbocycles. The Kier molecular flexibility index (Phi) is 4.66. The molecule has 1 aromatic carbocycles. The van der Waals surface area contributed by atoms with E-state index in [1.807, 2.05) is 0 Å². The van der Waals surface area contributed by atoms with Crippen LogP contribution >= 0.6 is 15.9 Å². The Morgan fingerprint density at radius 1 is 1.42 bits per heavy atom. The number of nitrogens with one attached hydrogen (secondary N) is 1. The molecule has 0 amide bonds. The average Bonchev–Trinajstić information content (AvgIpc) is 2.80. The number of nitrogens with zero attached hydrogens (tertiary/aromatic N) is 3. The third-order valence-corrected chi connectivity index (χ3v) is 3.27. The van der Waals surface area contributed by atoms with Gasteiger partial charge in [-0.05, 0) is 40.5 Å². The predicted octanol–water partition coefficient (Wildman–Crippen LogP) is 2.91. The van der Waals surface area contributed by atoms with Gasteiger partial charge in [0.1, 0.15) is 5.82 Å². The number of hydrogen-bond donors (Lipinski definition) is 1. The fourth-order valence-electron chi connectivity index (χ4n) is 1.70. The van der Waals surface area contributed by atoms with Crippen molar-refractivity contribution in [3.63, 3.8) is 0 Å². The van der Waals surface area contributed by atoms with Crippen molar-refractivity contribution in [1.82, 2.24) is 20.3 Å². The van der Waals surface area contributed by atoms with E-state index in [0.717, 1.165) is 12.2 Å². The van der Waals surface area contributed by atoms with Gasteiger partial charge in [-0.1, -0.05) is 19.1 Å². The molecule has 1 N–H and O–H groups in total. The second-order valence-electron chi connectivity index (χ2n) is 4.76. The van der Waals surface area contributed by atoms with Crippen molar-refractivity contribution in [3.05, 3.63) is 40.4 Å². The third-order valence-electron chi connectivity index (χ3n) is 2.63.